The molecule has 2 rings (SSSR count). The topological polar surface area (TPSA) is 54.3 Å². The molecule has 0 N–H and O–H groups in total. The predicted molar refractivity (Wildman–Crippen MR) is 94.2 cm³/mol. The van der Waals surface area contributed by atoms with Crippen LogP contribution in [0.5, 0.6) is 0 Å². The van der Waals surface area contributed by atoms with Gasteiger partial charge in [0, 0.05) is 26.0 Å². The van der Waals surface area contributed by atoms with Gasteiger partial charge < -0.3 is 4.74 Å². The van der Waals surface area contributed by atoms with Crippen LogP contribution in [0, 0.1) is 5.92 Å². The van der Waals surface area contributed by atoms with E-state index in [1.165, 1.54) is 5.01 Å². The molecule has 0 saturated carbocycles. The Balaban J connectivity index is 2.18. The summed E-state index contributed by atoms with van der Waals surface area (Å²) in [5, 5.41) is 6.09. The van der Waals surface area contributed by atoms with Crippen LogP contribution in [0.3, 0.4) is 0 Å². The zero-order chi connectivity index (χ0) is 16.7. The molecule has 0 bridgehead atoms. The maximum atomic E-state index is 12.8. The van der Waals surface area contributed by atoms with Gasteiger partial charge in [-0.05, 0) is 31.9 Å². The quantitative estimate of drug-likeness (QED) is 0.546. The first-order chi connectivity index (χ1) is 11.2. The highest BCUT2D eigenvalue weighted by molar-refractivity contribution is 6.28. The second-order valence-electron chi connectivity index (χ2n) is 5.63. The SMILES string of the molecule is CCCC1=NN(c2ccccc2)C(=O)[C@@H]1C(C)=NCCCOC. The molecular weight excluding hydrogens is 290 g/mol. The van der Waals surface area contributed by atoms with E-state index in [0.29, 0.717) is 13.2 Å². The summed E-state index contributed by atoms with van der Waals surface area (Å²) in [6.07, 6.45) is 2.63. The number of carbonyl (C=O) groups is 1. The van der Waals surface area contributed by atoms with Crippen LogP contribution in [0.1, 0.15) is 33.1 Å². The molecule has 1 heterocycles. The molecule has 5 nitrogen and oxygen atoms in total. The molecule has 0 saturated heterocycles. The van der Waals surface area contributed by atoms with E-state index >= 15 is 0 Å². The Bertz CT molecular complexity index is 581. The van der Waals surface area contributed by atoms with Crippen molar-refractivity contribution in [1.29, 1.82) is 0 Å². The average molecular weight is 315 g/mol. The third kappa shape index (κ3) is 4.26. The number of nitrogens with zero attached hydrogens (tertiary/aromatic N) is 3. The van der Waals surface area contributed by atoms with Crippen molar-refractivity contribution in [2.24, 2.45) is 16.0 Å². The van der Waals surface area contributed by atoms with E-state index in [2.05, 4.69) is 17.0 Å². The van der Waals surface area contributed by atoms with Crippen molar-refractivity contribution in [1.82, 2.24) is 0 Å². The molecule has 0 fully saturated rings. The minimum atomic E-state index is -0.322. The molecule has 0 spiro atoms. The van der Waals surface area contributed by atoms with E-state index < -0.39 is 0 Å². The fourth-order valence-corrected chi connectivity index (χ4v) is 2.68. The Morgan fingerprint density at radius 1 is 1.35 bits per heavy atom. The molecule has 1 amide bonds. The maximum Gasteiger partial charge on any atom is 0.261 e. The number of carbonyl (C=O) groups excluding carboxylic acids is 1. The van der Waals surface area contributed by atoms with E-state index in [4.69, 9.17) is 4.74 Å². The van der Waals surface area contributed by atoms with Gasteiger partial charge >= 0.3 is 0 Å². The predicted octanol–water partition coefficient (Wildman–Crippen LogP) is 3.30. The van der Waals surface area contributed by atoms with Crippen LogP contribution in [-0.4, -0.2) is 37.6 Å². The molecule has 0 aliphatic carbocycles. The Morgan fingerprint density at radius 3 is 2.74 bits per heavy atom. The smallest absolute Gasteiger partial charge is 0.261 e. The number of amides is 1. The monoisotopic (exact) mass is 315 g/mol. The number of aliphatic imine (C=N–C) groups is 1. The van der Waals surface area contributed by atoms with Crippen LogP contribution < -0.4 is 5.01 Å². The minimum Gasteiger partial charge on any atom is -0.385 e. The first-order valence-electron chi connectivity index (χ1n) is 8.15. The molecule has 5 heteroatoms. The van der Waals surface area contributed by atoms with Gasteiger partial charge in [-0.2, -0.15) is 10.1 Å². The van der Waals surface area contributed by atoms with Crippen molar-refractivity contribution in [3.63, 3.8) is 0 Å². The third-order valence-electron chi connectivity index (χ3n) is 3.81. The van der Waals surface area contributed by atoms with Gasteiger partial charge in [0.05, 0.1) is 11.4 Å². The normalized spacial score (nSPS) is 18.5. The first kappa shape index (κ1) is 17.3. The Kier molecular flexibility index (Phi) is 6.47. The summed E-state index contributed by atoms with van der Waals surface area (Å²) in [4.78, 5) is 17.4. The number of ether oxygens (including phenoxy) is 1. The van der Waals surface area contributed by atoms with Gasteiger partial charge in [-0.1, -0.05) is 31.5 Å². The van der Waals surface area contributed by atoms with Crippen LogP contribution in [0.2, 0.25) is 0 Å². The molecular formula is C18H25N3O2. The Hall–Kier alpha value is -2.01. The lowest BCUT2D eigenvalue weighted by molar-refractivity contribution is -0.118. The van der Waals surface area contributed by atoms with Gasteiger partial charge in [0.2, 0.25) is 0 Å². The number of hydrogen-bond donors (Lipinski definition) is 0. The van der Waals surface area contributed by atoms with Gasteiger partial charge in [-0.25, -0.2) is 0 Å². The van der Waals surface area contributed by atoms with Crippen LogP contribution >= 0.6 is 0 Å². The zero-order valence-corrected chi connectivity index (χ0v) is 14.2. The second kappa shape index (κ2) is 8.58. The third-order valence-corrected chi connectivity index (χ3v) is 3.81. The number of rotatable bonds is 8. The molecule has 0 aromatic heterocycles. The molecule has 23 heavy (non-hydrogen) atoms. The lowest BCUT2D eigenvalue weighted by Gasteiger charge is -2.14. The average Bonchev–Trinajstić information content (AvgIpc) is 2.89. The van der Waals surface area contributed by atoms with E-state index in [1.807, 2.05) is 37.3 Å². The minimum absolute atomic E-state index is 0.00681. The zero-order valence-electron chi connectivity index (χ0n) is 14.2. The summed E-state index contributed by atoms with van der Waals surface area (Å²) < 4.78 is 5.04. The van der Waals surface area contributed by atoms with Crippen molar-refractivity contribution >= 4 is 23.0 Å². The first-order valence-corrected chi connectivity index (χ1v) is 8.15. The van der Waals surface area contributed by atoms with E-state index in [9.17, 15) is 4.79 Å². The molecule has 1 atom stereocenters. The van der Waals surface area contributed by atoms with Crippen LogP contribution in [-0.2, 0) is 9.53 Å². The van der Waals surface area contributed by atoms with E-state index in [0.717, 1.165) is 36.4 Å². The van der Waals surface area contributed by atoms with Crippen molar-refractivity contribution < 1.29 is 9.53 Å². The molecule has 124 valence electrons. The van der Waals surface area contributed by atoms with E-state index in [-0.39, 0.29) is 11.8 Å². The van der Waals surface area contributed by atoms with Crippen LogP contribution in [0.4, 0.5) is 5.69 Å². The lowest BCUT2D eigenvalue weighted by atomic mass is 9.95. The summed E-state index contributed by atoms with van der Waals surface area (Å²) in [5.41, 5.74) is 2.56. The number of methoxy groups -OCH3 is 1. The van der Waals surface area contributed by atoms with Gasteiger partial charge in [0.15, 0.2) is 0 Å². The van der Waals surface area contributed by atoms with Crippen molar-refractivity contribution in [3.8, 4) is 0 Å². The highest BCUT2D eigenvalue weighted by Crippen LogP contribution is 2.26. The van der Waals surface area contributed by atoms with Crippen LogP contribution in [0.25, 0.3) is 0 Å². The van der Waals surface area contributed by atoms with Crippen molar-refractivity contribution in [2.75, 3.05) is 25.3 Å². The van der Waals surface area contributed by atoms with Crippen molar-refractivity contribution in [2.45, 2.75) is 33.1 Å². The molecule has 0 radical (unpaired) electrons. The number of hydrogen-bond acceptors (Lipinski definition) is 4. The maximum absolute atomic E-state index is 12.8. The van der Waals surface area contributed by atoms with E-state index in [1.54, 1.807) is 7.11 Å². The summed E-state index contributed by atoms with van der Waals surface area (Å²) in [5.74, 6) is -0.328. The Labute approximate surface area is 138 Å². The van der Waals surface area contributed by atoms with Crippen molar-refractivity contribution in [3.05, 3.63) is 30.3 Å². The number of benzene rings is 1. The summed E-state index contributed by atoms with van der Waals surface area (Å²) in [6, 6.07) is 9.56. The molecule has 1 aliphatic heterocycles. The number of hydrazone groups is 1. The van der Waals surface area contributed by atoms with Crippen LogP contribution in [0.15, 0.2) is 40.4 Å². The van der Waals surface area contributed by atoms with Gasteiger partial charge in [0.25, 0.3) is 5.91 Å². The highest BCUT2D eigenvalue weighted by atomic mass is 16.5. The van der Waals surface area contributed by atoms with Gasteiger partial charge in [-0.3, -0.25) is 9.79 Å². The molecule has 1 aromatic rings. The van der Waals surface area contributed by atoms with Gasteiger partial charge in [0.1, 0.15) is 5.92 Å². The molecule has 0 unspecified atom stereocenters. The second-order valence-corrected chi connectivity index (χ2v) is 5.63. The molecule has 1 aliphatic rings. The summed E-state index contributed by atoms with van der Waals surface area (Å²) >= 11 is 0. The fraction of sp³-hybridized carbons (Fsp3) is 0.500. The number of anilines is 1. The summed E-state index contributed by atoms with van der Waals surface area (Å²) in [6.45, 7) is 5.38. The Morgan fingerprint density at radius 2 is 2.09 bits per heavy atom. The standard InChI is InChI=1S/C18H25N3O2/c1-4-9-16-17(14(2)19-12-8-13-23-3)18(22)21(20-16)15-10-6-5-7-11-15/h5-7,10-11,17H,4,8-9,12-13H2,1-3H3/t17-/m1/s1. The fourth-order valence-electron chi connectivity index (χ4n) is 2.68. The molecule has 1 aromatic carbocycles. The number of para-hydroxylation sites is 1. The largest absolute Gasteiger partial charge is 0.385 e. The van der Waals surface area contributed by atoms with Gasteiger partial charge in [-0.15, -0.1) is 0 Å². The lowest BCUT2D eigenvalue weighted by Crippen LogP contribution is -2.32. The highest BCUT2D eigenvalue weighted by Gasteiger charge is 2.37. The summed E-state index contributed by atoms with van der Waals surface area (Å²) in [7, 11) is 1.68.